The topological polar surface area (TPSA) is 352 Å². The van der Waals surface area contributed by atoms with Crippen molar-refractivity contribution < 1.29 is 28.8 Å². The number of H-pyrrole nitrogens is 2. The molecule has 5 aliphatic rings. The fraction of sp³-hybridized carbons (Fsp3) is 0.443. The number of benzene rings is 4. The molecule has 0 spiro atoms. The second-order valence-corrected chi connectivity index (χ2v) is 22.3. The van der Waals surface area contributed by atoms with Gasteiger partial charge in [-0.05, 0) is 171 Å². The number of nitrogens with zero attached hydrogens (tertiary/aromatic N) is 10. The minimum Gasteiger partial charge on any atom is -0.355 e. The molecular weight excluding hydrogens is 1080 g/mol. The van der Waals surface area contributed by atoms with Crippen molar-refractivity contribution in [2.45, 2.75) is 119 Å². The van der Waals surface area contributed by atoms with Gasteiger partial charge in [-0.25, -0.2) is 0 Å². The Morgan fingerprint density at radius 3 is 1.34 bits per heavy atom. The van der Waals surface area contributed by atoms with Crippen LogP contribution in [0, 0.1) is 22.7 Å². The van der Waals surface area contributed by atoms with Crippen molar-refractivity contribution in [1.29, 1.82) is 10.5 Å². The molecule has 9 N–H and O–H groups in total. The van der Waals surface area contributed by atoms with Crippen molar-refractivity contribution in [2.24, 2.45) is 5.73 Å². The zero-order valence-electron chi connectivity index (χ0n) is 48.6. The van der Waals surface area contributed by atoms with Crippen LogP contribution in [0.25, 0.3) is 0 Å². The summed E-state index contributed by atoms with van der Waals surface area (Å²) in [6, 6.07) is 26.8. The average Bonchev–Trinajstić information content (AvgIpc) is 1.87. The van der Waals surface area contributed by atoms with Crippen LogP contribution in [-0.2, 0) is 46.1 Å². The lowest BCUT2D eigenvalue weighted by Crippen LogP contribution is -2.53. The fourth-order valence-electron chi connectivity index (χ4n) is 13.3. The first-order valence-electron chi connectivity index (χ1n) is 28.9. The van der Waals surface area contributed by atoms with E-state index in [2.05, 4.69) is 86.9 Å². The fourth-order valence-corrected chi connectivity index (χ4v) is 13.3. The van der Waals surface area contributed by atoms with Crippen molar-refractivity contribution in [1.82, 2.24) is 77.6 Å². The van der Waals surface area contributed by atoms with E-state index in [1.165, 1.54) is 0 Å². The normalized spacial score (nSPS) is 18.3. The van der Waals surface area contributed by atoms with Crippen LogP contribution in [-0.4, -0.2) is 158 Å². The van der Waals surface area contributed by atoms with E-state index in [1.54, 1.807) is 38.0 Å². The maximum atomic E-state index is 13.4. The number of aromatic amines is 2. The highest BCUT2D eigenvalue weighted by Crippen LogP contribution is 2.51. The first-order valence-corrected chi connectivity index (χ1v) is 28.9. The van der Waals surface area contributed by atoms with Crippen LogP contribution < -0.4 is 32.3 Å². The molecule has 0 unspecified atom stereocenters. The van der Waals surface area contributed by atoms with E-state index < -0.39 is 16.4 Å². The summed E-state index contributed by atoms with van der Waals surface area (Å²) in [6.45, 7) is 3.48. The zero-order chi connectivity index (χ0) is 60.5. The molecule has 1 saturated carbocycles. The Balaban J connectivity index is 0.000000183. The van der Waals surface area contributed by atoms with Crippen LogP contribution in [0.2, 0.25) is 0 Å². The molecule has 6 amide bonds. The summed E-state index contributed by atoms with van der Waals surface area (Å²) >= 11 is 0. The van der Waals surface area contributed by atoms with E-state index in [4.69, 9.17) is 11.0 Å². The van der Waals surface area contributed by atoms with Crippen molar-refractivity contribution in [2.75, 3.05) is 54.4 Å². The first-order chi connectivity index (χ1) is 41.1. The monoisotopic (exact) mass is 1150 g/mol. The summed E-state index contributed by atoms with van der Waals surface area (Å²) in [6.07, 6.45) is 10.2. The number of aromatic nitrogens is 8. The predicted molar refractivity (Wildman–Crippen MR) is 312 cm³/mol. The molecule has 2 aromatic heterocycles. The lowest BCUT2D eigenvalue weighted by molar-refractivity contribution is -0.131. The number of likely N-dealkylation sites (tertiary alicyclic amines) is 2. The minimum atomic E-state index is -0.903. The molecule has 0 bridgehead atoms. The number of carbonyl (C=O) groups excluding carboxylic acids is 6. The Morgan fingerprint density at radius 2 is 0.965 bits per heavy atom. The minimum absolute atomic E-state index is 0.0121. The SMILES string of the molecule is CNC(=O)c1ccc2c(c1)CCc1cc(C(=O)NC)ccc1C2(C)c1nn[nH]n1.CNC(=O)c1ccc2c(c1)CCc1cc(C(=O)NC)ccc1C2(CC1(NCC(=O)N2CCC[C@H]2C#N)CCCC1)c1nn[nH]n1.N#C[C@@H]1CCCN1C(=O)CN. The smallest absolute Gasteiger partial charge is 0.251 e. The number of hydrogen-bond acceptors (Lipinski definition) is 16. The zero-order valence-corrected chi connectivity index (χ0v) is 48.6. The number of hydrogen-bond donors (Lipinski definition) is 8. The Labute approximate surface area is 492 Å². The molecule has 3 aliphatic carbocycles. The van der Waals surface area contributed by atoms with Gasteiger partial charge in [-0.15, -0.1) is 20.4 Å². The van der Waals surface area contributed by atoms with Gasteiger partial charge in [0.25, 0.3) is 23.6 Å². The maximum absolute atomic E-state index is 13.4. The molecule has 2 saturated heterocycles. The first kappa shape index (κ1) is 60.3. The summed E-state index contributed by atoms with van der Waals surface area (Å²) in [5.41, 5.74) is 13.6. The molecular formula is C61H72N18O6. The Kier molecular flexibility index (Phi) is 18.5. The van der Waals surface area contributed by atoms with Crippen LogP contribution >= 0.6 is 0 Å². The molecule has 2 atom stereocenters. The molecule has 3 fully saturated rings. The Hall–Kier alpha value is -9.26. The summed E-state index contributed by atoms with van der Waals surface area (Å²) in [4.78, 5) is 77.4. The van der Waals surface area contributed by atoms with E-state index in [0.29, 0.717) is 72.7 Å². The van der Waals surface area contributed by atoms with Crippen molar-refractivity contribution >= 4 is 35.4 Å². The van der Waals surface area contributed by atoms with E-state index >= 15 is 0 Å². The van der Waals surface area contributed by atoms with Gasteiger partial charge in [0.15, 0.2) is 11.6 Å². The van der Waals surface area contributed by atoms with E-state index in [9.17, 15) is 34.0 Å². The Morgan fingerprint density at radius 1 is 0.576 bits per heavy atom. The number of nitriles is 2. The third-order valence-electron chi connectivity index (χ3n) is 17.6. The second kappa shape index (κ2) is 26.1. The maximum Gasteiger partial charge on any atom is 0.251 e. The highest BCUT2D eigenvalue weighted by atomic mass is 16.2. The van der Waals surface area contributed by atoms with Gasteiger partial charge in [0.1, 0.15) is 12.1 Å². The summed E-state index contributed by atoms with van der Waals surface area (Å²) < 4.78 is 0. The van der Waals surface area contributed by atoms with Gasteiger partial charge < -0.3 is 42.1 Å². The van der Waals surface area contributed by atoms with Gasteiger partial charge in [-0.1, -0.05) is 47.5 Å². The number of carbonyl (C=O) groups is 6. The molecule has 11 rings (SSSR count). The average molecular weight is 1150 g/mol. The summed E-state index contributed by atoms with van der Waals surface area (Å²) in [5, 5.41) is 63.5. The van der Waals surface area contributed by atoms with Gasteiger partial charge in [-0.2, -0.15) is 21.0 Å². The number of fused-ring (bicyclic) bond motifs is 4. The highest BCUT2D eigenvalue weighted by Gasteiger charge is 2.51. The summed E-state index contributed by atoms with van der Waals surface area (Å²) in [5.74, 6) is 0.266. The van der Waals surface area contributed by atoms with Crippen LogP contribution in [0.4, 0.5) is 0 Å². The third-order valence-corrected chi connectivity index (χ3v) is 17.6. The molecule has 2 aliphatic heterocycles. The number of amides is 6. The highest BCUT2D eigenvalue weighted by molar-refractivity contribution is 5.96. The molecule has 24 heteroatoms. The largest absolute Gasteiger partial charge is 0.355 e. The number of aryl methyl sites for hydroxylation is 4. The number of tetrazole rings is 2. The number of rotatable bonds is 12. The lowest BCUT2D eigenvalue weighted by Gasteiger charge is -2.42. The number of nitrogens with one attached hydrogen (secondary N) is 7. The van der Waals surface area contributed by atoms with E-state index in [1.807, 2.05) is 72.8 Å². The molecule has 442 valence electrons. The molecule has 0 radical (unpaired) electrons. The van der Waals surface area contributed by atoms with Crippen LogP contribution in [0.1, 0.15) is 162 Å². The van der Waals surface area contributed by atoms with Crippen molar-refractivity contribution in [3.05, 3.63) is 151 Å². The van der Waals surface area contributed by atoms with E-state index in [-0.39, 0.29) is 60.6 Å². The van der Waals surface area contributed by atoms with Gasteiger partial charge >= 0.3 is 0 Å². The second-order valence-electron chi connectivity index (χ2n) is 22.3. The quantitative estimate of drug-likeness (QED) is 0.0873. The van der Waals surface area contributed by atoms with Gasteiger partial charge in [-0.3, -0.25) is 28.8 Å². The lowest BCUT2D eigenvalue weighted by atomic mass is 9.64. The van der Waals surface area contributed by atoms with Gasteiger partial charge in [0.05, 0.1) is 36.1 Å². The van der Waals surface area contributed by atoms with Crippen LogP contribution in [0.3, 0.4) is 0 Å². The molecule has 4 aromatic carbocycles. The predicted octanol–water partition coefficient (Wildman–Crippen LogP) is 2.99. The van der Waals surface area contributed by atoms with Crippen molar-refractivity contribution in [3.8, 4) is 12.1 Å². The number of nitrogens with two attached hydrogens (primary N) is 1. The summed E-state index contributed by atoms with van der Waals surface area (Å²) in [7, 11) is 6.47. The molecule has 85 heavy (non-hydrogen) atoms. The van der Waals surface area contributed by atoms with E-state index in [0.717, 1.165) is 102 Å². The van der Waals surface area contributed by atoms with Crippen LogP contribution in [0.15, 0.2) is 72.8 Å². The van der Waals surface area contributed by atoms with Crippen molar-refractivity contribution in [3.63, 3.8) is 0 Å². The standard InChI is InChI=1S/C33H39N9O3.C21H22N6O2.C7H11N3O/c1-35-29(44)23-9-11-26-21(16-23)7-8-22-17-24(30(45)36-2)10-12-27(22)33(26,31-38-40-41-39-31)20-32(13-3-4-14-32)37-19-28(43)42-15-5-6-25(42)18-34;1-21(20-24-26-27-25-20)16-8-6-14(18(28)22-2)10-12(16)4-5-13-11-15(19(29)23-3)7-9-17(13)21;8-4-6-2-1-3-10(6)7(11)5-9/h9-12,16-17,25,37H,3-8,13-15,19-20H2,1-2H3,(H,35,44)(H,36,45)(H,38,39,40,41);6-11H,4-5H2,1-3H3,(H,22,28)(H,23,29)(H,24,25,26,27);6H,1-3,5,9H2/t25-;;6-/m0.0/s1. The van der Waals surface area contributed by atoms with Crippen LogP contribution in [0.5, 0.6) is 0 Å². The molecule has 4 heterocycles. The molecule has 24 nitrogen and oxygen atoms in total. The van der Waals surface area contributed by atoms with Gasteiger partial charge in [0, 0.05) is 69.1 Å². The molecule has 6 aromatic rings. The van der Waals surface area contributed by atoms with Gasteiger partial charge in [0.2, 0.25) is 11.8 Å². The Bertz CT molecular complexity index is 3410. The third kappa shape index (κ3) is 12.0.